The molecule has 0 amide bonds. The molecule has 0 radical (unpaired) electrons. The van der Waals surface area contributed by atoms with Crippen molar-refractivity contribution in [3.63, 3.8) is 0 Å². The number of aliphatic hydroxyl groups is 1. The van der Waals surface area contributed by atoms with E-state index < -0.39 is 5.56 Å². The smallest absolute Gasteiger partial charge is 0.256 e. The van der Waals surface area contributed by atoms with Crippen LogP contribution < -0.4 is 10.3 Å². The Bertz CT molecular complexity index is 582. The Morgan fingerprint density at radius 2 is 2.24 bits per heavy atom. The van der Waals surface area contributed by atoms with E-state index in [0.29, 0.717) is 17.4 Å². The van der Waals surface area contributed by atoms with E-state index >= 15 is 0 Å². The standard InChI is InChI=1S/C10H10N4O3/c1-17-8-2-7(12-5-13-8)9-11-3-6(4-15)10(16)14-9/h2-3,5,15H,4H2,1H3,(H,11,14,16). The fourth-order valence-corrected chi connectivity index (χ4v) is 1.24. The van der Waals surface area contributed by atoms with Gasteiger partial charge in [-0.3, -0.25) is 4.79 Å². The number of methoxy groups -OCH3 is 1. The van der Waals surface area contributed by atoms with Crippen molar-refractivity contribution in [2.45, 2.75) is 6.61 Å². The number of nitrogens with one attached hydrogen (secondary N) is 1. The largest absolute Gasteiger partial charge is 0.481 e. The zero-order valence-electron chi connectivity index (χ0n) is 9.04. The lowest BCUT2D eigenvalue weighted by atomic mass is 10.3. The first kappa shape index (κ1) is 11.2. The number of hydrogen-bond donors (Lipinski definition) is 2. The molecule has 0 unspecified atom stereocenters. The molecule has 0 aromatic carbocycles. The van der Waals surface area contributed by atoms with Crippen LogP contribution in [0.5, 0.6) is 5.88 Å². The minimum atomic E-state index is -0.393. The third-order valence-electron chi connectivity index (χ3n) is 2.14. The average Bonchev–Trinajstić information content (AvgIpc) is 2.38. The Labute approximate surface area is 96.2 Å². The number of ether oxygens (including phenoxy) is 1. The van der Waals surface area contributed by atoms with Crippen molar-refractivity contribution in [3.05, 3.63) is 34.5 Å². The molecule has 7 nitrogen and oxygen atoms in total. The van der Waals surface area contributed by atoms with Crippen LogP contribution in [-0.2, 0) is 6.61 Å². The molecule has 2 rings (SSSR count). The average molecular weight is 234 g/mol. The third kappa shape index (κ3) is 2.28. The number of aliphatic hydroxyl groups excluding tert-OH is 1. The fraction of sp³-hybridized carbons (Fsp3) is 0.200. The van der Waals surface area contributed by atoms with Gasteiger partial charge < -0.3 is 14.8 Å². The second-order valence-corrected chi connectivity index (χ2v) is 3.19. The molecule has 0 aliphatic heterocycles. The first-order valence-electron chi connectivity index (χ1n) is 4.80. The van der Waals surface area contributed by atoms with E-state index in [1.54, 1.807) is 6.07 Å². The van der Waals surface area contributed by atoms with Crippen LogP contribution in [0.3, 0.4) is 0 Å². The Morgan fingerprint density at radius 1 is 1.41 bits per heavy atom. The van der Waals surface area contributed by atoms with Gasteiger partial charge in [-0.25, -0.2) is 15.0 Å². The molecular weight excluding hydrogens is 224 g/mol. The van der Waals surface area contributed by atoms with E-state index in [0.717, 1.165) is 0 Å². The van der Waals surface area contributed by atoms with Crippen LogP contribution in [0, 0.1) is 0 Å². The van der Waals surface area contributed by atoms with Gasteiger partial charge in [-0.15, -0.1) is 0 Å². The van der Waals surface area contributed by atoms with Gasteiger partial charge in [0, 0.05) is 12.3 Å². The van der Waals surface area contributed by atoms with Crippen molar-refractivity contribution in [1.82, 2.24) is 19.9 Å². The zero-order valence-corrected chi connectivity index (χ0v) is 9.04. The minimum Gasteiger partial charge on any atom is -0.481 e. The molecule has 2 heterocycles. The molecule has 2 aromatic heterocycles. The highest BCUT2D eigenvalue weighted by Crippen LogP contribution is 2.14. The van der Waals surface area contributed by atoms with E-state index in [1.165, 1.54) is 19.6 Å². The Balaban J connectivity index is 2.46. The summed E-state index contributed by atoms with van der Waals surface area (Å²) < 4.78 is 4.94. The molecule has 0 bridgehead atoms. The van der Waals surface area contributed by atoms with Crippen LogP contribution in [0.25, 0.3) is 11.5 Å². The maximum absolute atomic E-state index is 11.5. The number of rotatable bonds is 3. The van der Waals surface area contributed by atoms with Crippen LogP contribution in [0.1, 0.15) is 5.56 Å². The number of aromatic nitrogens is 4. The van der Waals surface area contributed by atoms with Gasteiger partial charge in [0.15, 0.2) is 5.82 Å². The Morgan fingerprint density at radius 3 is 2.88 bits per heavy atom. The number of H-pyrrole nitrogens is 1. The Hall–Kier alpha value is -2.28. The molecule has 0 saturated carbocycles. The minimum absolute atomic E-state index is 0.203. The molecular formula is C10H10N4O3. The summed E-state index contributed by atoms with van der Waals surface area (Å²) in [5.41, 5.74) is 0.253. The van der Waals surface area contributed by atoms with Crippen molar-refractivity contribution in [1.29, 1.82) is 0 Å². The summed E-state index contributed by atoms with van der Waals surface area (Å²) in [4.78, 5) is 25.8. The highest BCUT2D eigenvalue weighted by atomic mass is 16.5. The van der Waals surface area contributed by atoms with Crippen molar-refractivity contribution >= 4 is 0 Å². The second-order valence-electron chi connectivity index (χ2n) is 3.19. The normalized spacial score (nSPS) is 10.2. The van der Waals surface area contributed by atoms with Gasteiger partial charge in [-0.2, -0.15) is 0 Å². The molecule has 2 aromatic rings. The van der Waals surface area contributed by atoms with Crippen LogP contribution in [0.4, 0.5) is 0 Å². The maximum Gasteiger partial charge on any atom is 0.256 e. The molecule has 7 heteroatoms. The molecule has 2 N–H and O–H groups in total. The SMILES string of the molecule is COc1cc(-c2ncc(CO)c(=O)[nH]2)ncn1. The lowest BCUT2D eigenvalue weighted by Gasteiger charge is -2.02. The first-order valence-corrected chi connectivity index (χ1v) is 4.80. The quantitative estimate of drug-likeness (QED) is 0.758. The number of nitrogens with zero attached hydrogens (tertiary/aromatic N) is 3. The molecule has 0 aliphatic rings. The monoisotopic (exact) mass is 234 g/mol. The van der Waals surface area contributed by atoms with Crippen LogP contribution in [0.2, 0.25) is 0 Å². The summed E-state index contributed by atoms with van der Waals surface area (Å²) >= 11 is 0. The third-order valence-corrected chi connectivity index (χ3v) is 2.14. The van der Waals surface area contributed by atoms with Gasteiger partial charge in [0.1, 0.15) is 12.0 Å². The van der Waals surface area contributed by atoms with Crippen LogP contribution >= 0.6 is 0 Å². The van der Waals surface area contributed by atoms with Gasteiger partial charge in [-0.05, 0) is 0 Å². The van der Waals surface area contributed by atoms with Crippen molar-refractivity contribution in [3.8, 4) is 17.4 Å². The topological polar surface area (TPSA) is 101 Å². The lowest BCUT2D eigenvalue weighted by molar-refractivity contribution is 0.279. The summed E-state index contributed by atoms with van der Waals surface area (Å²) in [6.07, 6.45) is 2.62. The predicted molar refractivity (Wildman–Crippen MR) is 58.4 cm³/mol. The molecule has 0 atom stereocenters. The summed E-state index contributed by atoms with van der Waals surface area (Å²) in [7, 11) is 1.48. The number of aromatic amines is 1. The van der Waals surface area contributed by atoms with E-state index in [9.17, 15) is 4.79 Å². The summed E-state index contributed by atoms with van der Waals surface area (Å²) in [6, 6.07) is 1.55. The second kappa shape index (κ2) is 4.71. The molecule has 17 heavy (non-hydrogen) atoms. The van der Waals surface area contributed by atoms with Crippen LogP contribution in [-0.4, -0.2) is 32.2 Å². The van der Waals surface area contributed by atoms with E-state index in [4.69, 9.17) is 9.84 Å². The summed E-state index contributed by atoms with van der Waals surface area (Å²) in [5, 5.41) is 8.86. The molecule has 0 spiro atoms. The summed E-state index contributed by atoms with van der Waals surface area (Å²) in [6.45, 7) is -0.351. The molecule has 88 valence electrons. The predicted octanol–water partition coefficient (Wildman–Crippen LogP) is -0.272. The zero-order chi connectivity index (χ0) is 12.3. The van der Waals surface area contributed by atoms with E-state index in [2.05, 4.69) is 19.9 Å². The van der Waals surface area contributed by atoms with Gasteiger partial charge in [0.2, 0.25) is 5.88 Å². The van der Waals surface area contributed by atoms with Crippen molar-refractivity contribution < 1.29 is 9.84 Å². The van der Waals surface area contributed by atoms with Crippen molar-refractivity contribution in [2.75, 3.05) is 7.11 Å². The molecule has 0 aliphatic carbocycles. The van der Waals surface area contributed by atoms with Gasteiger partial charge >= 0.3 is 0 Å². The molecule has 0 fully saturated rings. The van der Waals surface area contributed by atoms with Gasteiger partial charge in [-0.1, -0.05) is 0 Å². The number of hydrogen-bond acceptors (Lipinski definition) is 6. The van der Waals surface area contributed by atoms with Gasteiger partial charge in [0.25, 0.3) is 5.56 Å². The fourth-order valence-electron chi connectivity index (χ4n) is 1.24. The Kier molecular flexibility index (Phi) is 3.10. The maximum atomic E-state index is 11.5. The highest BCUT2D eigenvalue weighted by molar-refractivity contribution is 5.49. The molecule has 0 saturated heterocycles. The first-order chi connectivity index (χ1) is 8.24. The van der Waals surface area contributed by atoms with Gasteiger partial charge in [0.05, 0.1) is 19.3 Å². The van der Waals surface area contributed by atoms with Crippen LogP contribution in [0.15, 0.2) is 23.4 Å². The lowest BCUT2D eigenvalue weighted by Crippen LogP contribution is -2.14. The highest BCUT2D eigenvalue weighted by Gasteiger charge is 2.06. The van der Waals surface area contributed by atoms with E-state index in [-0.39, 0.29) is 12.2 Å². The summed E-state index contributed by atoms with van der Waals surface area (Å²) in [5.74, 6) is 0.678. The van der Waals surface area contributed by atoms with Crippen molar-refractivity contribution in [2.24, 2.45) is 0 Å². The van der Waals surface area contributed by atoms with E-state index in [1.807, 2.05) is 0 Å².